The van der Waals surface area contributed by atoms with E-state index in [2.05, 4.69) is 10.2 Å². The number of rotatable bonds is 2. The Kier molecular flexibility index (Phi) is 3.05. The highest BCUT2D eigenvalue weighted by molar-refractivity contribution is 5.93. The minimum Gasteiger partial charge on any atom is -0.274 e. The Morgan fingerprint density at radius 2 is 1.61 bits per heavy atom. The highest BCUT2D eigenvalue weighted by atomic mass is 16.1. The fourth-order valence-electron chi connectivity index (χ4n) is 2.69. The van der Waals surface area contributed by atoms with E-state index in [1.54, 1.807) is 17.1 Å². The molecule has 0 radical (unpaired) electrons. The highest BCUT2D eigenvalue weighted by Gasteiger charge is 2.13. The molecule has 0 aliphatic carbocycles. The van der Waals surface area contributed by atoms with Crippen molar-refractivity contribution >= 4 is 10.8 Å². The van der Waals surface area contributed by atoms with Crippen molar-refractivity contribution < 1.29 is 0 Å². The summed E-state index contributed by atoms with van der Waals surface area (Å²) >= 11 is 0. The molecule has 5 heteroatoms. The maximum absolute atomic E-state index is 12.8. The Balaban J connectivity index is 2.10. The van der Waals surface area contributed by atoms with Crippen LogP contribution >= 0.6 is 0 Å². The number of fused-ring (bicyclic) bond motifs is 1. The molecule has 0 bridgehead atoms. The summed E-state index contributed by atoms with van der Waals surface area (Å²) in [5.74, 6) is 0. The molecule has 2 heterocycles. The molecule has 0 saturated heterocycles. The van der Waals surface area contributed by atoms with Gasteiger partial charge in [-0.2, -0.15) is 14.9 Å². The Labute approximate surface area is 132 Å². The molecular formula is C18H14N4O. The van der Waals surface area contributed by atoms with Crippen LogP contribution in [0, 0.1) is 0 Å². The van der Waals surface area contributed by atoms with Crippen molar-refractivity contribution in [2.24, 2.45) is 7.05 Å². The van der Waals surface area contributed by atoms with Crippen molar-refractivity contribution in [2.75, 3.05) is 0 Å². The van der Waals surface area contributed by atoms with Gasteiger partial charge in [-0.15, -0.1) is 0 Å². The van der Waals surface area contributed by atoms with Crippen LogP contribution < -0.4 is 5.56 Å². The van der Waals surface area contributed by atoms with Crippen molar-refractivity contribution in [2.45, 2.75) is 0 Å². The van der Waals surface area contributed by atoms with E-state index in [0.29, 0.717) is 11.1 Å². The fraction of sp³-hybridized carbons (Fsp3) is 0.0556. The third-order valence-electron chi connectivity index (χ3n) is 3.79. The maximum Gasteiger partial charge on any atom is 0.279 e. The molecule has 0 aliphatic heterocycles. The normalized spacial score (nSPS) is 11.0. The minimum absolute atomic E-state index is 0.145. The number of benzene rings is 2. The van der Waals surface area contributed by atoms with Gasteiger partial charge in [0.1, 0.15) is 5.69 Å². The first-order valence-corrected chi connectivity index (χ1v) is 7.30. The van der Waals surface area contributed by atoms with Crippen LogP contribution in [0.5, 0.6) is 0 Å². The quantitative estimate of drug-likeness (QED) is 0.572. The summed E-state index contributed by atoms with van der Waals surface area (Å²) in [5, 5.41) is 10.2. The monoisotopic (exact) mass is 302 g/mol. The first-order chi connectivity index (χ1) is 11.2. The molecular weight excluding hydrogens is 288 g/mol. The van der Waals surface area contributed by atoms with Gasteiger partial charge in [0.15, 0.2) is 0 Å². The average Bonchev–Trinajstić information content (AvgIpc) is 3.02. The highest BCUT2D eigenvalue weighted by Crippen LogP contribution is 2.24. The van der Waals surface area contributed by atoms with E-state index in [1.165, 1.54) is 4.68 Å². The minimum atomic E-state index is -0.145. The summed E-state index contributed by atoms with van der Waals surface area (Å²) in [6, 6.07) is 17.4. The zero-order valence-corrected chi connectivity index (χ0v) is 12.5. The number of nitrogens with zero attached hydrogens (tertiary/aromatic N) is 4. The SMILES string of the molecule is Cn1cc(-n2nc(-c3ccccc3)c3ccccc3c2=O)cn1. The lowest BCUT2D eigenvalue weighted by Crippen LogP contribution is -2.21. The number of hydrogen-bond donors (Lipinski definition) is 0. The van der Waals surface area contributed by atoms with Gasteiger partial charge in [0.05, 0.1) is 23.5 Å². The van der Waals surface area contributed by atoms with Gasteiger partial charge in [-0.1, -0.05) is 48.5 Å². The van der Waals surface area contributed by atoms with Gasteiger partial charge >= 0.3 is 0 Å². The molecule has 23 heavy (non-hydrogen) atoms. The molecule has 4 rings (SSSR count). The van der Waals surface area contributed by atoms with Crippen LogP contribution in [0.15, 0.2) is 71.8 Å². The molecule has 0 atom stereocenters. The molecule has 0 amide bonds. The van der Waals surface area contributed by atoms with Gasteiger partial charge in [0, 0.05) is 18.0 Å². The zero-order valence-electron chi connectivity index (χ0n) is 12.5. The largest absolute Gasteiger partial charge is 0.279 e. The Hall–Kier alpha value is -3.21. The van der Waals surface area contributed by atoms with Crippen LogP contribution in [-0.4, -0.2) is 19.6 Å². The summed E-state index contributed by atoms with van der Waals surface area (Å²) in [6.45, 7) is 0. The standard InChI is InChI=1S/C18H14N4O/c1-21-12-14(11-19-21)22-18(23)16-10-6-5-9-15(16)17(20-22)13-7-3-2-4-8-13/h2-12H,1H3. The second-order valence-corrected chi connectivity index (χ2v) is 5.35. The molecule has 0 aliphatic rings. The topological polar surface area (TPSA) is 52.7 Å². The summed E-state index contributed by atoms with van der Waals surface area (Å²) in [5.41, 5.74) is 2.26. The lowest BCUT2D eigenvalue weighted by atomic mass is 10.1. The van der Waals surface area contributed by atoms with E-state index < -0.39 is 0 Å². The summed E-state index contributed by atoms with van der Waals surface area (Å²) in [6.07, 6.45) is 3.41. The predicted molar refractivity (Wildman–Crippen MR) is 89.5 cm³/mol. The third kappa shape index (κ3) is 2.23. The van der Waals surface area contributed by atoms with Gasteiger partial charge in [-0.05, 0) is 6.07 Å². The van der Waals surface area contributed by atoms with Gasteiger partial charge in [-0.25, -0.2) is 0 Å². The molecule has 2 aromatic heterocycles. The van der Waals surface area contributed by atoms with Gasteiger partial charge in [0.25, 0.3) is 5.56 Å². The number of hydrogen-bond acceptors (Lipinski definition) is 3. The Morgan fingerprint density at radius 3 is 2.30 bits per heavy atom. The number of aromatic nitrogens is 4. The zero-order chi connectivity index (χ0) is 15.8. The number of aryl methyl sites for hydroxylation is 1. The molecule has 2 aromatic carbocycles. The average molecular weight is 302 g/mol. The van der Waals surface area contributed by atoms with Gasteiger partial charge in [-0.3, -0.25) is 9.48 Å². The summed E-state index contributed by atoms with van der Waals surface area (Å²) < 4.78 is 3.07. The van der Waals surface area contributed by atoms with Crippen LogP contribution in [-0.2, 0) is 7.05 Å². The third-order valence-corrected chi connectivity index (χ3v) is 3.79. The molecule has 0 spiro atoms. The molecule has 112 valence electrons. The van der Waals surface area contributed by atoms with Crippen LogP contribution in [0.3, 0.4) is 0 Å². The lowest BCUT2D eigenvalue weighted by Gasteiger charge is -2.09. The second kappa shape index (κ2) is 5.21. The van der Waals surface area contributed by atoms with Crippen molar-refractivity contribution in [1.82, 2.24) is 19.6 Å². The van der Waals surface area contributed by atoms with E-state index in [4.69, 9.17) is 0 Å². The molecule has 0 unspecified atom stereocenters. The van der Waals surface area contributed by atoms with Crippen LogP contribution in [0.2, 0.25) is 0 Å². The molecule has 0 N–H and O–H groups in total. The van der Waals surface area contributed by atoms with Crippen molar-refractivity contribution in [1.29, 1.82) is 0 Å². The van der Waals surface area contributed by atoms with Crippen molar-refractivity contribution in [3.05, 3.63) is 77.3 Å². The van der Waals surface area contributed by atoms with Crippen LogP contribution in [0.25, 0.3) is 27.7 Å². The first-order valence-electron chi connectivity index (χ1n) is 7.30. The summed E-state index contributed by atoms with van der Waals surface area (Å²) in [7, 11) is 1.81. The van der Waals surface area contributed by atoms with Crippen molar-refractivity contribution in [3.63, 3.8) is 0 Å². The fourth-order valence-corrected chi connectivity index (χ4v) is 2.69. The van der Waals surface area contributed by atoms with Crippen LogP contribution in [0.4, 0.5) is 0 Å². The molecule has 4 aromatic rings. The van der Waals surface area contributed by atoms with E-state index >= 15 is 0 Å². The first kappa shape index (κ1) is 13.5. The molecule has 5 nitrogen and oxygen atoms in total. The smallest absolute Gasteiger partial charge is 0.274 e. The molecule has 0 fully saturated rings. The Bertz CT molecular complexity index is 1050. The maximum atomic E-state index is 12.8. The van der Waals surface area contributed by atoms with E-state index in [0.717, 1.165) is 16.6 Å². The predicted octanol–water partition coefficient (Wildman–Crippen LogP) is 2.79. The van der Waals surface area contributed by atoms with E-state index in [-0.39, 0.29) is 5.56 Å². The van der Waals surface area contributed by atoms with Crippen LogP contribution in [0.1, 0.15) is 0 Å². The van der Waals surface area contributed by atoms with E-state index in [1.807, 2.05) is 61.6 Å². The summed E-state index contributed by atoms with van der Waals surface area (Å²) in [4.78, 5) is 12.8. The molecule has 0 saturated carbocycles. The van der Waals surface area contributed by atoms with Gasteiger partial charge < -0.3 is 0 Å². The van der Waals surface area contributed by atoms with Gasteiger partial charge in [0.2, 0.25) is 0 Å². The lowest BCUT2D eigenvalue weighted by molar-refractivity contribution is 0.764. The Morgan fingerprint density at radius 1 is 0.913 bits per heavy atom. The van der Waals surface area contributed by atoms with Crippen molar-refractivity contribution in [3.8, 4) is 16.9 Å². The second-order valence-electron chi connectivity index (χ2n) is 5.35. The van der Waals surface area contributed by atoms with E-state index in [9.17, 15) is 4.79 Å².